The number of hydrogen-bond donors (Lipinski definition) is 3. The largest absolute Gasteiger partial charge is 0.506 e. The highest BCUT2D eigenvalue weighted by molar-refractivity contribution is 14.1. The number of aromatic hydroxyl groups is 1. The minimum Gasteiger partial charge on any atom is -0.506 e. The zero-order valence-corrected chi connectivity index (χ0v) is 13.7. The summed E-state index contributed by atoms with van der Waals surface area (Å²) >= 11 is 8.06. The van der Waals surface area contributed by atoms with Crippen LogP contribution in [0, 0.1) is 3.57 Å². The van der Waals surface area contributed by atoms with E-state index in [0.29, 0.717) is 5.02 Å². The molecular formula is C12H10ClIN2O3S. The Balaban J connectivity index is 2.38. The van der Waals surface area contributed by atoms with Gasteiger partial charge in [-0.05, 0) is 59.0 Å². The molecule has 0 aliphatic heterocycles. The van der Waals surface area contributed by atoms with Gasteiger partial charge in [0.15, 0.2) is 0 Å². The second-order valence-electron chi connectivity index (χ2n) is 3.95. The maximum absolute atomic E-state index is 12.2. The van der Waals surface area contributed by atoms with Crippen LogP contribution >= 0.6 is 34.2 Å². The van der Waals surface area contributed by atoms with Crippen molar-refractivity contribution < 1.29 is 13.5 Å². The molecule has 0 aliphatic carbocycles. The third kappa shape index (κ3) is 3.28. The zero-order valence-electron chi connectivity index (χ0n) is 9.97. The predicted molar refractivity (Wildman–Crippen MR) is 87.5 cm³/mol. The van der Waals surface area contributed by atoms with Gasteiger partial charge in [-0.2, -0.15) is 0 Å². The molecule has 2 rings (SSSR count). The first kappa shape index (κ1) is 15.2. The molecule has 2 aromatic carbocycles. The highest BCUT2D eigenvalue weighted by Gasteiger charge is 2.17. The number of phenols is 1. The van der Waals surface area contributed by atoms with Crippen molar-refractivity contribution in [3.8, 4) is 5.75 Å². The maximum atomic E-state index is 12.2. The quantitative estimate of drug-likeness (QED) is 0.401. The van der Waals surface area contributed by atoms with Crippen molar-refractivity contribution in [2.24, 2.45) is 0 Å². The standard InChI is InChI=1S/C12H10ClIN2O3S/c13-9-5-7(14)1-3-11(9)16-20(18,19)8-2-4-12(17)10(15)6-8/h1-6,16-17H,15H2. The summed E-state index contributed by atoms with van der Waals surface area (Å²) in [7, 11) is -3.82. The molecule has 0 heterocycles. The number of nitrogen functional groups attached to an aromatic ring is 1. The average Bonchev–Trinajstić information content (AvgIpc) is 2.36. The van der Waals surface area contributed by atoms with E-state index in [0.717, 1.165) is 3.57 Å². The normalized spacial score (nSPS) is 11.3. The molecule has 0 saturated carbocycles. The van der Waals surface area contributed by atoms with Crippen molar-refractivity contribution in [2.45, 2.75) is 4.90 Å². The van der Waals surface area contributed by atoms with Crippen molar-refractivity contribution in [3.05, 3.63) is 45.0 Å². The molecule has 20 heavy (non-hydrogen) atoms. The molecule has 106 valence electrons. The fraction of sp³-hybridized carbons (Fsp3) is 0. The number of hydrogen-bond acceptors (Lipinski definition) is 4. The van der Waals surface area contributed by atoms with Crippen LogP contribution in [0.25, 0.3) is 0 Å². The van der Waals surface area contributed by atoms with Crippen LogP contribution in [0.3, 0.4) is 0 Å². The molecule has 4 N–H and O–H groups in total. The van der Waals surface area contributed by atoms with Gasteiger partial charge in [-0.3, -0.25) is 4.72 Å². The summed E-state index contributed by atoms with van der Waals surface area (Å²) in [5, 5.41) is 9.61. The number of nitrogens with one attached hydrogen (secondary N) is 1. The number of benzene rings is 2. The summed E-state index contributed by atoms with van der Waals surface area (Å²) < 4.78 is 27.7. The highest BCUT2D eigenvalue weighted by atomic mass is 127. The van der Waals surface area contributed by atoms with Gasteiger partial charge in [0.1, 0.15) is 5.75 Å². The Morgan fingerprint density at radius 2 is 1.90 bits per heavy atom. The smallest absolute Gasteiger partial charge is 0.262 e. The number of anilines is 2. The summed E-state index contributed by atoms with van der Waals surface area (Å²) in [6, 6.07) is 8.61. The summed E-state index contributed by atoms with van der Waals surface area (Å²) in [5.41, 5.74) is 5.76. The van der Waals surface area contributed by atoms with E-state index in [9.17, 15) is 13.5 Å². The molecular weight excluding hydrogens is 415 g/mol. The SMILES string of the molecule is Nc1cc(S(=O)(=O)Nc2ccc(I)cc2Cl)ccc1O. The number of nitrogens with two attached hydrogens (primary N) is 1. The maximum Gasteiger partial charge on any atom is 0.262 e. The molecule has 0 aliphatic rings. The summed E-state index contributed by atoms with van der Waals surface area (Å²) in [4.78, 5) is -0.0533. The molecule has 0 spiro atoms. The monoisotopic (exact) mass is 424 g/mol. The molecule has 0 aromatic heterocycles. The lowest BCUT2D eigenvalue weighted by molar-refractivity contribution is 0.477. The van der Waals surface area contributed by atoms with Crippen LogP contribution in [0.4, 0.5) is 11.4 Å². The van der Waals surface area contributed by atoms with Gasteiger partial charge in [0.25, 0.3) is 10.0 Å². The summed E-state index contributed by atoms with van der Waals surface area (Å²) in [5.74, 6) is -0.170. The van der Waals surface area contributed by atoms with Crippen molar-refractivity contribution in [1.29, 1.82) is 0 Å². The lowest BCUT2D eigenvalue weighted by Gasteiger charge is -2.10. The number of rotatable bonds is 3. The Morgan fingerprint density at radius 1 is 1.20 bits per heavy atom. The Kier molecular flexibility index (Phi) is 4.31. The van der Waals surface area contributed by atoms with Gasteiger partial charge >= 0.3 is 0 Å². The third-order valence-corrected chi connectivity index (χ3v) is 4.83. The lowest BCUT2D eigenvalue weighted by atomic mass is 10.3. The van der Waals surface area contributed by atoms with Gasteiger partial charge in [0, 0.05) is 3.57 Å². The second kappa shape index (κ2) is 5.66. The highest BCUT2D eigenvalue weighted by Crippen LogP contribution is 2.28. The second-order valence-corrected chi connectivity index (χ2v) is 7.29. The van der Waals surface area contributed by atoms with Gasteiger partial charge < -0.3 is 10.8 Å². The topological polar surface area (TPSA) is 92.4 Å². The van der Waals surface area contributed by atoms with Crippen LogP contribution in [0.2, 0.25) is 5.02 Å². The Bertz CT molecular complexity index is 765. The van der Waals surface area contributed by atoms with E-state index < -0.39 is 10.0 Å². The number of phenolic OH excluding ortho intramolecular Hbond substituents is 1. The lowest BCUT2D eigenvalue weighted by Crippen LogP contribution is -2.13. The zero-order chi connectivity index (χ0) is 14.9. The summed E-state index contributed by atoms with van der Waals surface area (Å²) in [6.07, 6.45) is 0. The van der Waals surface area contributed by atoms with Gasteiger partial charge in [0.2, 0.25) is 0 Å². The van der Waals surface area contributed by atoms with Crippen LogP contribution in [-0.2, 0) is 10.0 Å². The Morgan fingerprint density at radius 3 is 2.50 bits per heavy atom. The minimum atomic E-state index is -3.82. The molecule has 0 fully saturated rings. The van der Waals surface area contributed by atoms with Gasteiger partial charge in [0.05, 0.1) is 21.3 Å². The van der Waals surface area contributed by atoms with E-state index in [4.69, 9.17) is 17.3 Å². The first-order valence-corrected chi connectivity index (χ1v) is 8.30. The first-order chi connectivity index (χ1) is 9.29. The van der Waals surface area contributed by atoms with Crippen LogP contribution in [0.1, 0.15) is 0 Å². The van der Waals surface area contributed by atoms with Crippen LogP contribution in [0.5, 0.6) is 5.75 Å². The molecule has 0 atom stereocenters. The molecule has 0 unspecified atom stereocenters. The van der Waals surface area contributed by atoms with E-state index in [1.54, 1.807) is 18.2 Å². The number of halogens is 2. The molecule has 0 bridgehead atoms. The summed E-state index contributed by atoms with van der Waals surface area (Å²) in [6.45, 7) is 0. The molecule has 5 nitrogen and oxygen atoms in total. The van der Waals surface area contributed by atoms with E-state index >= 15 is 0 Å². The third-order valence-electron chi connectivity index (χ3n) is 2.48. The Hall–Kier alpha value is -1.19. The van der Waals surface area contributed by atoms with E-state index in [1.807, 2.05) is 0 Å². The average molecular weight is 425 g/mol. The van der Waals surface area contributed by atoms with Crippen molar-refractivity contribution in [3.63, 3.8) is 0 Å². The van der Waals surface area contributed by atoms with Crippen molar-refractivity contribution in [2.75, 3.05) is 10.5 Å². The fourth-order valence-electron chi connectivity index (χ4n) is 1.48. The van der Waals surface area contributed by atoms with Gasteiger partial charge in [-0.1, -0.05) is 11.6 Å². The predicted octanol–water partition coefficient (Wildman–Crippen LogP) is 3.03. The van der Waals surface area contributed by atoms with E-state index in [-0.39, 0.29) is 22.0 Å². The number of sulfonamides is 1. The first-order valence-electron chi connectivity index (χ1n) is 5.36. The van der Waals surface area contributed by atoms with Crippen LogP contribution in [-0.4, -0.2) is 13.5 Å². The fourth-order valence-corrected chi connectivity index (χ4v) is 3.55. The molecule has 0 radical (unpaired) electrons. The van der Waals surface area contributed by atoms with Gasteiger partial charge in [-0.15, -0.1) is 0 Å². The molecule has 8 heteroatoms. The minimum absolute atomic E-state index is 0.0124. The van der Waals surface area contributed by atoms with Crippen molar-refractivity contribution in [1.82, 2.24) is 0 Å². The molecule has 0 amide bonds. The van der Waals surface area contributed by atoms with Crippen molar-refractivity contribution >= 4 is 55.6 Å². The van der Waals surface area contributed by atoms with E-state index in [2.05, 4.69) is 27.3 Å². The van der Waals surface area contributed by atoms with Gasteiger partial charge in [-0.25, -0.2) is 8.42 Å². The molecule has 0 saturated heterocycles. The molecule has 2 aromatic rings. The van der Waals surface area contributed by atoms with E-state index in [1.165, 1.54) is 18.2 Å². The van der Waals surface area contributed by atoms with Crippen LogP contribution < -0.4 is 10.5 Å². The Labute approximate surface area is 134 Å². The van der Waals surface area contributed by atoms with Crippen LogP contribution in [0.15, 0.2) is 41.3 Å².